The summed E-state index contributed by atoms with van der Waals surface area (Å²) < 4.78 is 15.6. The molecule has 2 bridgehead atoms. The van der Waals surface area contributed by atoms with Gasteiger partial charge in [0.15, 0.2) is 0 Å². The Balaban J connectivity index is 2.06. The third-order valence-electron chi connectivity index (χ3n) is 1.70. The van der Waals surface area contributed by atoms with Crippen LogP contribution in [0.5, 0.6) is 0 Å². The molecule has 3 fully saturated rings. The lowest BCUT2D eigenvalue weighted by atomic mass is 10.1. The van der Waals surface area contributed by atoms with E-state index < -0.39 is 8.60 Å². The normalized spacial score (nSPS) is 49.7. The van der Waals surface area contributed by atoms with Crippen molar-refractivity contribution in [2.45, 2.75) is 13.0 Å². The molecule has 0 N–H and O–H groups in total. The quantitative estimate of drug-likeness (QED) is 0.484. The van der Waals surface area contributed by atoms with E-state index in [1.165, 1.54) is 0 Å². The van der Waals surface area contributed by atoms with Crippen molar-refractivity contribution in [1.29, 1.82) is 0 Å². The third kappa shape index (κ3) is 0.987. The van der Waals surface area contributed by atoms with Crippen LogP contribution in [0.15, 0.2) is 0 Å². The Morgan fingerprint density at radius 2 is 2.00 bits per heavy atom. The molecule has 0 amide bonds. The maximum absolute atomic E-state index is 5.31. The van der Waals surface area contributed by atoms with Crippen LogP contribution >= 0.6 is 8.60 Å². The summed E-state index contributed by atoms with van der Waals surface area (Å²) in [6.07, 6.45) is 0.346. The number of fused-ring (bicyclic) bond motifs is 3. The zero-order chi connectivity index (χ0) is 6.27. The molecule has 3 aliphatic heterocycles. The Bertz CT molecular complexity index is 111. The third-order valence-corrected chi connectivity index (χ3v) is 2.93. The van der Waals surface area contributed by atoms with Crippen molar-refractivity contribution >= 4 is 8.60 Å². The molecule has 3 saturated heterocycles. The highest BCUT2D eigenvalue weighted by molar-refractivity contribution is 7.41. The van der Waals surface area contributed by atoms with Crippen LogP contribution in [0.25, 0.3) is 0 Å². The Labute approximate surface area is 55.3 Å². The number of hydrogen-bond donors (Lipinski definition) is 0. The Morgan fingerprint density at radius 3 is 2.22 bits per heavy atom. The summed E-state index contributed by atoms with van der Waals surface area (Å²) in [5.41, 5.74) is 0. The molecule has 52 valence electrons. The van der Waals surface area contributed by atoms with Crippen molar-refractivity contribution in [2.75, 3.05) is 13.2 Å². The summed E-state index contributed by atoms with van der Waals surface area (Å²) >= 11 is 0. The predicted octanol–water partition coefficient (Wildman–Crippen LogP) is 1.29. The molecule has 1 unspecified atom stereocenters. The molecule has 3 rings (SSSR count). The first-order valence-electron chi connectivity index (χ1n) is 3.09. The van der Waals surface area contributed by atoms with E-state index in [0.29, 0.717) is 12.0 Å². The zero-order valence-electron chi connectivity index (χ0n) is 5.24. The summed E-state index contributed by atoms with van der Waals surface area (Å²) in [4.78, 5) is 0. The van der Waals surface area contributed by atoms with Gasteiger partial charge in [0.25, 0.3) is 0 Å². The fraction of sp³-hybridized carbons (Fsp3) is 1.00. The lowest BCUT2D eigenvalue weighted by Crippen LogP contribution is -2.36. The monoisotopic (exact) mass is 148 g/mol. The van der Waals surface area contributed by atoms with Gasteiger partial charge in [0.05, 0.1) is 19.3 Å². The second kappa shape index (κ2) is 2.17. The van der Waals surface area contributed by atoms with Crippen LogP contribution in [0.2, 0.25) is 0 Å². The molecule has 3 heterocycles. The van der Waals surface area contributed by atoms with Gasteiger partial charge in [-0.15, -0.1) is 0 Å². The van der Waals surface area contributed by atoms with Crippen LogP contribution in [-0.4, -0.2) is 19.3 Å². The molecule has 0 saturated carbocycles. The summed E-state index contributed by atoms with van der Waals surface area (Å²) in [5.74, 6) is 0.470. The van der Waals surface area contributed by atoms with Crippen LogP contribution in [0, 0.1) is 5.92 Å². The largest absolute Gasteiger partial charge is 0.332 e. The van der Waals surface area contributed by atoms with E-state index in [-0.39, 0.29) is 0 Å². The van der Waals surface area contributed by atoms with Crippen LogP contribution < -0.4 is 0 Å². The molecule has 0 aliphatic carbocycles. The summed E-state index contributed by atoms with van der Waals surface area (Å²) in [6, 6.07) is 0. The Morgan fingerprint density at radius 1 is 1.33 bits per heavy atom. The molecule has 4 heteroatoms. The van der Waals surface area contributed by atoms with Gasteiger partial charge in [0, 0.05) is 5.92 Å². The second-order valence-electron chi connectivity index (χ2n) is 2.39. The van der Waals surface area contributed by atoms with Crippen LogP contribution in [0.1, 0.15) is 6.92 Å². The van der Waals surface area contributed by atoms with E-state index in [4.69, 9.17) is 13.6 Å². The van der Waals surface area contributed by atoms with Crippen molar-refractivity contribution in [3.63, 3.8) is 0 Å². The minimum Gasteiger partial charge on any atom is -0.312 e. The molecule has 0 aromatic heterocycles. The van der Waals surface area contributed by atoms with E-state index in [0.717, 1.165) is 13.2 Å². The lowest BCUT2D eigenvalue weighted by molar-refractivity contribution is -0.0447. The number of rotatable bonds is 0. The van der Waals surface area contributed by atoms with Crippen molar-refractivity contribution in [3.05, 3.63) is 0 Å². The van der Waals surface area contributed by atoms with Gasteiger partial charge in [-0.25, -0.2) is 0 Å². The molecular weight excluding hydrogens is 139 g/mol. The predicted molar refractivity (Wildman–Crippen MR) is 32.9 cm³/mol. The van der Waals surface area contributed by atoms with Gasteiger partial charge in [0.1, 0.15) is 0 Å². The zero-order valence-corrected chi connectivity index (χ0v) is 6.14. The molecule has 0 spiro atoms. The van der Waals surface area contributed by atoms with Gasteiger partial charge in [0.2, 0.25) is 0 Å². The van der Waals surface area contributed by atoms with E-state index in [1.54, 1.807) is 0 Å². The average Bonchev–Trinajstić information content (AvgIpc) is 1.90. The van der Waals surface area contributed by atoms with E-state index >= 15 is 0 Å². The first-order chi connectivity index (χ1) is 4.36. The van der Waals surface area contributed by atoms with Gasteiger partial charge in [-0.3, -0.25) is 0 Å². The molecule has 9 heavy (non-hydrogen) atoms. The minimum absolute atomic E-state index is 0.346. The van der Waals surface area contributed by atoms with Gasteiger partial charge < -0.3 is 13.6 Å². The van der Waals surface area contributed by atoms with Crippen molar-refractivity contribution in [1.82, 2.24) is 0 Å². The molecule has 1 atom stereocenters. The average molecular weight is 148 g/mol. The van der Waals surface area contributed by atoms with Crippen molar-refractivity contribution < 1.29 is 13.6 Å². The molecule has 0 aromatic carbocycles. The summed E-state index contributed by atoms with van der Waals surface area (Å²) in [5, 5.41) is 0. The Hall–Kier alpha value is 0.310. The van der Waals surface area contributed by atoms with Crippen LogP contribution in [-0.2, 0) is 13.6 Å². The molecule has 0 aromatic rings. The molecule has 3 aliphatic rings. The number of hydrogen-bond acceptors (Lipinski definition) is 3. The van der Waals surface area contributed by atoms with Gasteiger partial charge in [-0.2, -0.15) is 0 Å². The Kier molecular flexibility index (Phi) is 1.46. The van der Waals surface area contributed by atoms with Gasteiger partial charge >= 0.3 is 8.60 Å². The fourth-order valence-corrected chi connectivity index (χ4v) is 2.22. The SMILES string of the molecule is CC1OP2OCC1CO2. The van der Waals surface area contributed by atoms with Gasteiger partial charge in [-0.1, -0.05) is 0 Å². The molecule has 0 radical (unpaired) electrons. The maximum Gasteiger partial charge on any atom is 0.332 e. The highest BCUT2D eigenvalue weighted by Gasteiger charge is 2.36. The van der Waals surface area contributed by atoms with Gasteiger partial charge in [-0.05, 0) is 6.92 Å². The first-order valence-corrected chi connectivity index (χ1v) is 4.18. The highest BCUT2D eigenvalue weighted by atomic mass is 31.2. The smallest absolute Gasteiger partial charge is 0.312 e. The maximum atomic E-state index is 5.31. The van der Waals surface area contributed by atoms with E-state index in [1.807, 2.05) is 0 Å². The second-order valence-corrected chi connectivity index (χ2v) is 3.56. The highest BCUT2D eigenvalue weighted by Crippen LogP contribution is 2.51. The van der Waals surface area contributed by atoms with Crippen molar-refractivity contribution in [3.8, 4) is 0 Å². The van der Waals surface area contributed by atoms with Crippen LogP contribution in [0.4, 0.5) is 0 Å². The topological polar surface area (TPSA) is 27.7 Å². The van der Waals surface area contributed by atoms with Crippen molar-refractivity contribution in [2.24, 2.45) is 5.92 Å². The minimum atomic E-state index is -0.943. The molecular formula is C5H9O3P. The summed E-state index contributed by atoms with van der Waals surface area (Å²) in [7, 11) is -0.943. The standard InChI is InChI=1S/C5H9O3P/c1-4-5-2-6-9(8-4)7-3-5/h4-5H,2-3H2,1H3. The van der Waals surface area contributed by atoms with E-state index in [2.05, 4.69) is 6.92 Å². The van der Waals surface area contributed by atoms with Crippen LogP contribution in [0.3, 0.4) is 0 Å². The summed E-state index contributed by atoms with van der Waals surface area (Å²) in [6.45, 7) is 3.73. The molecule has 3 nitrogen and oxygen atoms in total. The first kappa shape index (κ1) is 6.05. The fourth-order valence-electron chi connectivity index (χ4n) is 0.952. The lowest BCUT2D eigenvalue weighted by Gasteiger charge is -2.38. The van der Waals surface area contributed by atoms with E-state index in [9.17, 15) is 0 Å².